The van der Waals surface area contributed by atoms with E-state index in [4.69, 9.17) is 0 Å². The van der Waals surface area contributed by atoms with Gasteiger partial charge in [-0.25, -0.2) is 4.63 Å². The van der Waals surface area contributed by atoms with Crippen LogP contribution in [0.3, 0.4) is 0 Å². The van der Waals surface area contributed by atoms with Crippen LogP contribution in [0.5, 0.6) is 0 Å². The van der Waals surface area contributed by atoms with E-state index in [2.05, 4.69) is 26.9 Å². The normalized spacial score (nSPS) is 25.6. The molecule has 0 saturated heterocycles. The average molecular weight is 211 g/mol. The fourth-order valence-electron chi connectivity index (χ4n) is 2.00. The number of aliphatic hydroxyl groups is 1. The summed E-state index contributed by atoms with van der Waals surface area (Å²) in [5, 5.41) is 16.8. The molecular formula is C10H17N3O2. The zero-order chi connectivity index (χ0) is 10.8. The van der Waals surface area contributed by atoms with Crippen LogP contribution in [0.25, 0.3) is 0 Å². The molecule has 1 aromatic rings. The summed E-state index contributed by atoms with van der Waals surface area (Å²) in [7, 11) is 2.05. The van der Waals surface area contributed by atoms with E-state index < -0.39 is 0 Å². The SMILES string of the molecule is Cc1nonc1CN(C)CC1CC(O)C1. The first-order chi connectivity index (χ1) is 7.15. The van der Waals surface area contributed by atoms with Gasteiger partial charge in [0.25, 0.3) is 0 Å². The Balaban J connectivity index is 1.77. The Kier molecular flexibility index (Phi) is 3.02. The summed E-state index contributed by atoms with van der Waals surface area (Å²) in [5.41, 5.74) is 1.76. The molecule has 0 unspecified atom stereocenters. The van der Waals surface area contributed by atoms with Crippen molar-refractivity contribution in [1.29, 1.82) is 0 Å². The van der Waals surface area contributed by atoms with E-state index in [0.717, 1.165) is 37.3 Å². The fourth-order valence-corrected chi connectivity index (χ4v) is 2.00. The molecule has 1 aliphatic carbocycles. The van der Waals surface area contributed by atoms with Crippen molar-refractivity contribution in [2.75, 3.05) is 13.6 Å². The molecule has 1 heterocycles. The maximum atomic E-state index is 9.18. The molecule has 0 bridgehead atoms. The second kappa shape index (κ2) is 4.28. The van der Waals surface area contributed by atoms with Crippen LogP contribution in [0.2, 0.25) is 0 Å². The maximum absolute atomic E-state index is 9.18. The zero-order valence-corrected chi connectivity index (χ0v) is 9.18. The number of aromatic nitrogens is 2. The van der Waals surface area contributed by atoms with Crippen molar-refractivity contribution in [3.63, 3.8) is 0 Å². The van der Waals surface area contributed by atoms with E-state index in [1.807, 2.05) is 6.92 Å². The van der Waals surface area contributed by atoms with E-state index >= 15 is 0 Å². The van der Waals surface area contributed by atoms with Gasteiger partial charge in [-0.2, -0.15) is 0 Å². The van der Waals surface area contributed by atoms with Crippen molar-refractivity contribution in [1.82, 2.24) is 15.2 Å². The van der Waals surface area contributed by atoms with E-state index in [0.29, 0.717) is 5.92 Å². The minimum absolute atomic E-state index is 0.0705. The van der Waals surface area contributed by atoms with Crippen molar-refractivity contribution >= 4 is 0 Å². The molecule has 0 aromatic carbocycles. The largest absolute Gasteiger partial charge is 0.393 e. The van der Waals surface area contributed by atoms with Gasteiger partial charge < -0.3 is 10.0 Å². The van der Waals surface area contributed by atoms with E-state index in [9.17, 15) is 5.11 Å². The Hall–Kier alpha value is -0.940. The van der Waals surface area contributed by atoms with Gasteiger partial charge in [0.1, 0.15) is 11.4 Å². The molecule has 84 valence electrons. The highest BCUT2D eigenvalue weighted by molar-refractivity contribution is 5.04. The topological polar surface area (TPSA) is 62.4 Å². The molecule has 2 rings (SSSR count). The molecule has 0 aliphatic heterocycles. The fraction of sp³-hybridized carbons (Fsp3) is 0.800. The van der Waals surface area contributed by atoms with E-state index in [-0.39, 0.29) is 6.10 Å². The second-order valence-corrected chi connectivity index (χ2v) is 4.48. The summed E-state index contributed by atoms with van der Waals surface area (Å²) >= 11 is 0. The second-order valence-electron chi connectivity index (χ2n) is 4.48. The van der Waals surface area contributed by atoms with Crippen LogP contribution >= 0.6 is 0 Å². The van der Waals surface area contributed by atoms with Crippen LogP contribution in [0.15, 0.2) is 4.63 Å². The van der Waals surface area contributed by atoms with Crippen molar-refractivity contribution in [2.24, 2.45) is 5.92 Å². The predicted molar refractivity (Wildman–Crippen MR) is 54.1 cm³/mol. The van der Waals surface area contributed by atoms with Gasteiger partial charge in [-0.15, -0.1) is 0 Å². The van der Waals surface area contributed by atoms with Crippen LogP contribution in [0.4, 0.5) is 0 Å². The molecule has 1 saturated carbocycles. The van der Waals surface area contributed by atoms with E-state index in [1.54, 1.807) is 0 Å². The van der Waals surface area contributed by atoms with E-state index in [1.165, 1.54) is 0 Å². The highest BCUT2D eigenvalue weighted by atomic mass is 16.6. The third kappa shape index (κ3) is 2.54. The first kappa shape index (κ1) is 10.6. The van der Waals surface area contributed by atoms with Gasteiger partial charge in [0.15, 0.2) is 0 Å². The molecule has 0 amide bonds. The molecule has 0 atom stereocenters. The first-order valence-corrected chi connectivity index (χ1v) is 5.30. The van der Waals surface area contributed by atoms with Crippen molar-refractivity contribution in [2.45, 2.75) is 32.4 Å². The lowest BCUT2D eigenvalue weighted by Gasteiger charge is -2.34. The van der Waals surface area contributed by atoms with Crippen LogP contribution in [0.1, 0.15) is 24.2 Å². The summed E-state index contributed by atoms with van der Waals surface area (Å²) in [5.74, 6) is 0.630. The average Bonchev–Trinajstić information content (AvgIpc) is 2.49. The number of aliphatic hydroxyl groups excluding tert-OH is 1. The van der Waals surface area contributed by atoms with Gasteiger partial charge in [-0.05, 0) is 32.7 Å². The van der Waals surface area contributed by atoms with Gasteiger partial charge in [-0.3, -0.25) is 0 Å². The van der Waals surface area contributed by atoms with Gasteiger partial charge in [0, 0.05) is 13.1 Å². The molecule has 5 nitrogen and oxygen atoms in total. The maximum Gasteiger partial charge on any atom is 0.122 e. The molecule has 15 heavy (non-hydrogen) atoms. The van der Waals surface area contributed by atoms with Crippen LogP contribution < -0.4 is 0 Å². The summed E-state index contributed by atoms with van der Waals surface area (Å²) in [6.07, 6.45) is 1.79. The number of hydrogen-bond acceptors (Lipinski definition) is 5. The Labute approximate surface area is 89.0 Å². The molecule has 0 spiro atoms. The molecule has 1 fully saturated rings. The zero-order valence-electron chi connectivity index (χ0n) is 9.18. The summed E-state index contributed by atoms with van der Waals surface area (Å²) in [4.78, 5) is 2.20. The smallest absolute Gasteiger partial charge is 0.122 e. The lowest BCUT2D eigenvalue weighted by molar-refractivity contribution is 0.0271. The minimum Gasteiger partial charge on any atom is -0.393 e. The molecule has 5 heteroatoms. The third-order valence-corrected chi connectivity index (χ3v) is 2.95. The highest BCUT2D eigenvalue weighted by Crippen LogP contribution is 2.27. The quantitative estimate of drug-likeness (QED) is 0.789. The van der Waals surface area contributed by atoms with Crippen molar-refractivity contribution in [3.05, 3.63) is 11.4 Å². The number of nitrogens with zero attached hydrogens (tertiary/aromatic N) is 3. The van der Waals surface area contributed by atoms with Gasteiger partial charge in [0.2, 0.25) is 0 Å². The number of hydrogen-bond donors (Lipinski definition) is 1. The van der Waals surface area contributed by atoms with Crippen LogP contribution in [-0.4, -0.2) is 40.0 Å². The summed E-state index contributed by atoms with van der Waals surface area (Å²) < 4.78 is 4.64. The Morgan fingerprint density at radius 2 is 2.20 bits per heavy atom. The van der Waals surface area contributed by atoms with Crippen LogP contribution in [0, 0.1) is 12.8 Å². The predicted octanol–water partition coefficient (Wildman–Crippen LogP) is 0.581. The van der Waals surface area contributed by atoms with Crippen molar-refractivity contribution < 1.29 is 9.74 Å². The lowest BCUT2D eigenvalue weighted by Crippen LogP contribution is -2.36. The lowest BCUT2D eigenvalue weighted by atomic mass is 9.82. The Morgan fingerprint density at radius 3 is 2.73 bits per heavy atom. The minimum atomic E-state index is -0.0705. The highest BCUT2D eigenvalue weighted by Gasteiger charge is 2.28. The summed E-state index contributed by atoms with van der Waals surface area (Å²) in [6, 6.07) is 0. The number of rotatable bonds is 4. The molecule has 1 N–H and O–H groups in total. The molecule has 1 aliphatic rings. The Bertz CT molecular complexity index is 320. The Morgan fingerprint density at radius 1 is 1.47 bits per heavy atom. The summed E-state index contributed by atoms with van der Waals surface area (Å²) in [6.45, 7) is 3.66. The van der Waals surface area contributed by atoms with Crippen molar-refractivity contribution in [3.8, 4) is 0 Å². The molecular weight excluding hydrogens is 194 g/mol. The van der Waals surface area contributed by atoms with Crippen LogP contribution in [-0.2, 0) is 6.54 Å². The standard InChI is InChI=1S/C10H17N3O2/c1-7-10(12-15-11-7)6-13(2)5-8-3-9(14)4-8/h8-9,14H,3-6H2,1-2H3. The monoisotopic (exact) mass is 211 g/mol. The molecule has 1 aromatic heterocycles. The number of aryl methyl sites for hydroxylation is 1. The van der Waals surface area contributed by atoms with Gasteiger partial charge in [-0.1, -0.05) is 10.3 Å². The van der Waals surface area contributed by atoms with Gasteiger partial charge in [0.05, 0.1) is 6.10 Å². The molecule has 0 radical (unpaired) electrons. The first-order valence-electron chi connectivity index (χ1n) is 5.30. The third-order valence-electron chi connectivity index (χ3n) is 2.95. The van der Waals surface area contributed by atoms with Gasteiger partial charge >= 0.3 is 0 Å².